The zero-order valence-corrected chi connectivity index (χ0v) is 18.7. The number of pyridine rings is 1. The van der Waals surface area contributed by atoms with E-state index < -0.39 is 12.4 Å². The van der Waals surface area contributed by atoms with Gasteiger partial charge in [0.25, 0.3) is 6.43 Å². The van der Waals surface area contributed by atoms with E-state index in [0.29, 0.717) is 23.5 Å². The summed E-state index contributed by atoms with van der Waals surface area (Å²) in [5.74, 6) is -1.38. The summed E-state index contributed by atoms with van der Waals surface area (Å²) in [5.41, 5.74) is 1.34. The van der Waals surface area contributed by atoms with E-state index in [1.807, 2.05) is 13.8 Å². The van der Waals surface area contributed by atoms with Crippen LogP contribution in [0, 0.1) is 0 Å². The number of aromatic nitrogens is 5. The third-order valence-electron chi connectivity index (χ3n) is 4.68. The number of halogens is 4. The Balaban J connectivity index is 1.87. The van der Waals surface area contributed by atoms with Gasteiger partial charge in [-0.3, -0.25) is 4.98 Å². The van der Waals surface area contributed by atoms with Crippen LogP contribution in [-0.4, -0.2) is 41.6 Å². The predicted octanol–water partition coefficient (Wildman–Crippen LogP) is 4.42. The highest BCUT2D eigenvalue weighted by Gasteiger charge is 2.25. The fraction of sp³-hybridized carbons (Fsp3) is 0.350. The van der Waals surface area contributed by atoms with Gasteiger partial charge in [-0.25, -0.2) is 28.5 Å². The molecule has 0 amide bonds. The SMILES string of the molecule is CCc1c(-c2nc(Cl)ncc2Cl)nc(C(=O)O)n1CC(C)NCc1cccc(C(F)F)n1. The third kappa shape index (κ3) is 5.37. The second kappa shape index (κ2) is 10.3. The molecule has 0 aliphatic carbocycles. The van der Waals surface area contributed by atoms with Crippen LogP contribution in [0.5, 0.6) is 0 Å². The van der Waals surface area contributed by atoms with Crippen LogP contribution in [0.3, 0.4) is 0 Å². The van der Waals surface area contributed by atoms with E-state index in [1.165, 1.54) is 18.3 Å². The smallest absolute Gasteiger partial charge is 0.372 e. The lowest BCUT2D eigenvalue weighted by Gasteiger charge is -2.17. The van der Waals surface area contributed by atoms with Gasteiger partial charge in [0, 0.05) is 24.8 Å². The molecule has 3 heterocycles. The number of imidazole rings is 1. The molecule has 0 aromatic carbocycles. The Hall–Kier alpha value is -2.69. The molecule has 0 aliphatic rings. The van der Waals surface area contributed by atoms with Crippen molar-refractivity contribution >= 4 is 29.2 Å². The zero-order chi connectivity index (χ0) is 23.4. The number of aromatic carboxylic acids is 1. The van der Waals surface area contributed by atoms with Crippen LogP contribution < -0.4 is 5.32 Å². The standard InChI is InChI=1S/C20H20Cl2F2N6O2/c1-3-14-16(15-12(21)8-26-20(22)29-15)28-18(19(31)32)30(14)9-10(2)25-7-11-5-4-6-13(27-11)17(23)24/h4-6,8,10,17,25H,3,7,9H2,1-2H3,(H,31,32). The number of carboxylic acids is 1. The Morgan fingerprint density at radius 2 is 1.97 bits per heavy atom. The molecule has 32 heavy (non-hydrogen) atoms. The molecular formula is C20H20Cl2F2N6O2. The number of nitrogens with one attached hydrogen (secondary N) is 1. The lowest BCUT2D eigenvalue weighted by Crippen LogP contribution is -2.32. The molecule has 3 aromatic heterocycles. The van der Waals surface area contributed by atoms with Gasteiger partial charge in [0.15, 0.2) is 0 Å². The van der Waals surface area contributed by atoms with Gasteiger partial charge in [-0.1, -0.05) is 24.6 Å². The number of hydrogen-bond donors (Lipinski definition) is 2. The van der Waals surface area contributed by atoms with Gasteiger partial charge >= 0.3 is 5.97 Å². The van der Waals surface area contributed by atoms with Crippen LogP contribution in [0.2, 0.25) is 10.3 Å². The fourth-order valence-corrected chi connectivity index (χ4v) is 3.56. The highest BCUT2D eigenvalue weighted by Crippen LogP contribution is 2.30. The average molecular weight is 485 g/mol. The van der Waals surface area contributed by atoms with Crippen LogP contribution >= 0.6 is 23.2 Å². The summed E-state index contributed by atoms with van der Waals surface area (Å²) in [5, 5.41) is 13.0. The number of alkyl halides is 2. The molecule has 0 bridgehead atoms. The Morgan fingerprint density at radius 3 is 2.62 bits per heavy atom. The molecule has 8 nitrogen and oxygen atoms in total. The molecule has 2 N–H and O–H groups in total. The van der Waals surface area contributed by atoms with Crippen molar-refractivity contribution in [2.24, 2.45) is 0 Å². The molecule has 3 rings (SSSR count). The quantitative estimate of drug-likeness (QED) is 0.433. The number of carboxylic acid groups (broad SMARTS) is 1. The van der Waals surface area contributed by atoms with Gasteiger partial charge < -0.3 is 15.0 Å². The van der Waals surface area contributed by atoms with Crippen molar-refractivity contribution in [2.45, 2.75) is 45.8 Å². The summed E-state index contributed by atoms with van der Waals surface area (Å²) in [6, 6.07) is 4.19. The Labute approximate surface area is 192 Å². The lowest BCUT2D eigenvalue weighted by atomic mass is 10.2. The summed E-state index contributed by atoms with van der Waals surface area (Å²) < 4.78 is 27.3. The van der Waals surface area contributed by atoms with E-state index in [9.17, 15) is 18.7 Å². The largest absolute Gasteiger partial charge is 0.475 e. The Bertz CT molecular complexity index is 1130. The maximum absolute atomic E-state index is 12.9. The van der Waals surface area contributed by atoms with E-state index in [-0.39, 0.29) is 46.6 Å². The van der Waals surface area contributed by atoms with Crippen LogP contribution in [0.4, 0.5) is 8.78 Å². The average Bonchev–Trinajstić information content (AvgIpc) is 3.12. The number of rotatable bonds is 9. The van der Waals surface area contributed by atoms with Crippen molar-refractivity contribution in [3.05, 3.63) is 57.6 Å². The molecule has 0 aliphatic heterocycles. The maximum Gasteiger partial charge on any atom is 0.372 e. The number of carbonyl (C=O) groups is 1. The van der Waals surface area contributed by atoms with Crippen molar-refractivity contribution in [2.75, 3.05) is 0 Å². The maximum atomic E-state index is 12.9. The molecule has 1 atom stereocenters. The summed E-state index contributed by atoms with van der Waals surface area (Å²) in [6.07, 6.45) is -0.863. The Kier molecular flexibility index (Phi) is 7.70. The first-order valence-corrected chi connectivity index (χ1v) is 10.4. The normalized spacial score (nSPS) is 12.3. The van der Waals surface area contributed by atoms with Crippen LogP contribution in [-0.2, 0) is 19.5 Å². The van der Waals surface area contributed by atoms with E-state index in [1.54, 1.807) is 10.6 Å². The third-order valence-corrected chi connectivity index (χ3v) is 5.14. The summed E-state index contributed by atoms with van der Waals surface area (Å²) >= 11 is 12.1. The fourth-order valence-electron chi connectivity index (χ4n) is 3.24. The minimum absolute atomic E-state index is 0.0357. The number of hydrogen-bond acceptors (Lipinski definition) is 6. The summed E-state index contributed by atoms with van der Waals surface area (Å²) in [4.78, 5) is 28.0. The topological polar surface area (TPSA) is 106 Å². The molecule has 0 radical (unpaired) electrons. The molecular weight excluding hydrogens is 465 g/mol. The number of nitrogens with zero attached hydrogens (tertiary/aromatic N) is 5. The highest BCUT2D eigenvalue weighted by molar-refractivity contribution is 6.33. The predicted molar refractivity (Wildman–Crippen MR) is 115 cm³/mol. The first kappa shape index (κ1) is 24.0. The molecule has 12 heteroatoms. The van der Waals surface area contributed by atoms with Gasteiger partial charge in [-0.2, -0.15) is 0 Å². The van der Waals surface area contributed by atoms with Crippen LogP contribution in [0.25, 0.3) is 11.4 Å². The van der Waals surface area contributed by atoms with E-state index in [2.05, 4.69) is 25.3 Å². The van der Waals surface area contributed by atoms with Gasteiger partial charge in [0.1, 0.15) is 17.1 Å². The van der Waals surface area contributed by atoms with E-state index in [0.717, 1.165) is 0 Å². The minimum atomic E-state index is -2.65. The first-order chi connectivity index (χ1) is 15.2. The molecule has 0 spiro atoms. The molecule has 3 aromatic rings. The molecule has 170 valence electrons. The van der Waals surface area contributed by atoms with Crippen LogP contribution in [0.15, 0.2) is 24.4 Å². The van der Waals surface area contributed by atoms with E-state index >= 15 is 0 Å². The summed E-state index contributed by atoms with van der Waals surface area (Å²) in [6.45, 7) is 4.19. The lowest BCUT2D eigenvalue weighted by molar-refractivity contribution is 0.0677. The van der Waals surface area contributed by atoms with Gasteiger partial charge in [-0.15, -0.1) is 0 Å². The van der Waals surface area contributed by atoms with Gasteiger partial charge in [0.2, 0.25) is 11.1 Å². The first-order valence-electron chi connectivity index (χ1n) is 9.69. The van der Waals surface area contributed by atoms with Crippen molar-refractivity contribution in [3.8, 4) is 11.4 Å². The monoisotopic (exact) mass is 484 g/mol. The molecule has 1 unspecified atom stereocenters. The van der Waals surface area contributed by atoms with E-state index in [4.69, 9.17) is 23.2 Å². The second-order valence-corrected chi connectivity index (χ2v) is 7.72. The molecule has 0 saturated heterocycles. The molecule has 0 saturated carbocycles. The van der Waals surface area contributed by atoms with Crippen LogP contribution in [0.1, 0.15) is 48.0 Å². The van der Waals surface area contributed by atoms with Crippen molar-refractivity contribution in [3.63, 3.8) is 0 Å². The second-order valence-electron chi connectivity index (χ2n) is 6.97. The van der Waals surface area contributed by atoms with Crippen molar-refractivity contribution < 1.29 is 18.7 Å². The van der Waals surface area contributed by atoms with Crippen molar-refractivity contribution in [1.29, 1.82) is 0 Å². The summed E-state index contributed by atoms with van der Waals surface area (Å²) in [7, 11) is 0. The minimum Gasteiger partial charge on any atom is -0.475 e. The zero-order valence-electron chi connectivity index (χ0n) is 17.2. The van der Waals surface area contributed by atoms with Gasteiger partial charge in [0.05, 0.1) is 16.9 Å². The van der Waals surface area contributed by atoms with Gasteiger partial charge in [-0.05, 0) is 37.1 Å². The Morgan fingerprint density at radius 1 is 1.22 bits per heavy atom. The van der Waals surface area contributed by atoms with Crippen molar-refractivity contribution in [1.82, 2.24) is 29.8 Å². The molecule has 0 fully saturated rings. The highest BCUT2D eigenvalue weighted by atomic mass is 35.5.